The van der Waals surface area contributed by atoms with Crippen LogP contribution in [0.15, 0.2) is 30.5 Å². The molecule has 1 aromatic carbocycles. The lowest BCUT2D eigenvalue weighted by Crippen LogP contribution is -1.94. The molecule has 0 aliphatic rings. The van der Waals surface area contributed by atoms with Crippen LogP contribution in [-0.4, -0.2) is 4.98 Å². The van der Waals surface area contributed by atoms with E-state index in [1.165, 1.54) is 0 Å². The highest BCUT2D eigenvalue weighted by molar-refractivity contribution is 6.31. The van der Waals surface area contributed by atoms with E-state index in [-0.39, 0.29) is 0 Å². The van der Waals surface area contributed by atoms with Crippen molar-refractivity contribution in [3.63, 3.8) is 0 Å². The second kappa shape index (κ2) is 5.94. The normalized spacial score (nSPS) is 10.4. The van der Waals surface area contributed by atoms with Crippen molar-refractivity contribution in [3.8, 4) is 17.6 Å². The van der Waals surface area contributed by atoms with Gasteiger partial charge in [-0.3, -0.25) is 0 Å². The van der Waals surface area contributed by atoms with E-state index >= 15 is 0 Å². The lowest BCUT2D eigenvalue weighted by Gasteiger charge is -2.14. The molecule has 0 spiro atoms. The van der Waals surface area contributed by atoms with Gasteiger partial charge in [0.1, 0.15) is 23.3 Å². The molecule has 0 atom stereocenters. The molecular weight excluding hydrogens is 272 g/mol. The van der Waals surface area contributed by atoms with Gasteiger partial charge in [0.05, 0.1) is 6.20 Å². The number of rotatable bonds is 3. The first kappa shape index (κ1) is 14.4. The average molecular weight is 287 g/mol. The third-order valence-corrected chi connectivity index (χ3v) is 3.32. The molecule has 0 saturated carbocycles. The van der Waals surface area contributed by atoms with E-state index in [2.05, 4.69) is 18.8 Å². The van der Waals surface area contributed by atoms with E-state index in [1.807, 2.05) is 25.1 Å². The zero-order chi connectivity index (χ0) is 14.7. The van der Waals surface area contributed by atoms with Crippen LogP contribution in [0.25, 0.3) is 0 Å². The van der Waals surface area contributed by atoms with Gasteiger partial charge >= 0.3 is 0 Å². The van der Waals surface area contributed by atoms with Crippen LogP contribution in [0.1, 0.15) is 36.6 Å². The summed E-state index contributed by atoms with van der Waals surface area (Å²) in [6.45, 7) is 6.12. The predicted octanol–water partition coefficient (Wildman–Crippen LogP) is 4.83. The Balaban J connectivity index is 2.33. The zero-order valence-corrected chi connectivity index (χ0v) is 12.4. The first-order valence-corrected chi connectivity index (χ1v) is 6.73. The van der Waals surface area contributed by atoms with Gasteiger partial charge < -0.3 is 4.74 Å². The summed E-state index contributed by atoms with van der Waals surface area (Å²) in [4.78, 5) is 3.99. The summed E-state index contributed by atoms with van der Waals surface area (Å²) in [5.74, 6) is 1.68. The fourth-order valence-corrected chi connectivity index (χ4v) is 2.29. The summed E-state index contributed by atoms with van der Waals surface area (Å²) in [5, 5.41) is 9.47. The van der Waals surface area contributed by atoms with E-state index in [4.69, 9.17) is 21.6 Å². The molecule has 0 bridgehead atoms. The monoisotopic (exact) mass is 286 g/mol. The zero-order valence-electron chi connectivity index (χ0n) is 11.6. The van der Waals surface area contributed by atoms with Crippen molar-refractivity contribution < 1.29 is 4.74 Å². The maximum atomic E-state index is 8.72. The largest absolute Gasteiger partial charge is 0.455 e. The van der Waals surface area contributed by atoms with Crippen molar-refractivity contribution in [2.45, 2.75) is 26.7 Å². The second-order valence-corrected chi connectivity index (χ2v) is 5.29. The van der Waals surface area contributed by atoms with Gasteiger partial charge in [0.15, 0.2) is 0 Å². The number of aromatic nitrogens is 1. The maximum absolute atomic E-state index is 8.72. The van der Waals surface area contributed by atoms with Gasteiger partial charge in [0, 0.05) is 5.02 Å². The van der Waals surface area contributed by atoms with E-state index in [0.29, 0.717) is 17.4 Å². The van der Waals surface area contributed by atoms with Crippen molar-refractivity contribution in [2.24, 2.45) is 0 Å². The van der Waals surface area contributed by atoms with Crippen LogP contribution in [0.4, 0.5) is 0 Å². The molecule has 0 saturated heterocycles. The quantitative estimate of drug-likeness (QED) is 0.812. The van der Waals surface area contributed by atoms with Gasteiger partial charge in [-0.15, -0.1) is 0 Å². The number of benzene rings is 1. The van der Waals surface area contributed by atoms with Gasteiger partial charge in [-0.1, -0.05) is 25.4 Å². The number of ether oxygens (including phenoxy) is 1. The number of halogens is 1. The van der Waals surface area contributed by atoms with Gasteiger partial charge in [0.25, 0.3) is 0 Å². The average Bonchev–Trinajstić information content (AvgIpc) is 2.42. The minimum Gasteiger partial charge on any atom is -0.455 e. The highest BCUT2D eigenvalue weighted by Gasteiger charge is 2.11. The summed E-state index contributed by atoms with van der Waals surface area (Å²) in [6, 6.07) is 9.20. The Morgan fingerprint density at radius 1 is 1.30 bits per heavy atom. The van der Waals surface area contributed by atoms with Crippen molar-refractivity contribution in [3.05, 3.63) is 52.3 Å². The van der Waals surface area contributed by atoms with Crippen LogP contribution in [0, 0.1) is 18.3 Å². The molecule has 1 aromatic heterocycles. The minimum absolute atomic E-state index is 0.324. The Kier molecular flexibility index (Phi) is 4.26. The molecule has 4 heteroatoms. The molecule has 2 rings (SSSR count). The number of hydrogen-bond donors (Lipinski definition) is 0. The molecule has 3 nitrogen and oxygen atoms in total. The molecule has 2 aromatic rings. The van der Waals surface area contributed by atoms with Crippen LogP contribution >= 0.6 is 11.6 Å². The Labute approximate surface area is 123 Å². The highest BCUT2D eigenvalue weighted by Crippen LogP contribution is 2.33. The SMILES string of the molecule is Cc1cc(Cl)c(C(C)C)cc1Oc1ccc(C#N)nc1. The highest BCUT2D eigenvalue weighted by atomic mass is 35.5. The van der Waals surface area contributed by atoms with E-state index in [1.54, 1.807) is 18.3 Å². The molecule has 0 amide bonds. The number of aryl methyl sites for hydroxylation is 1. The molecule has 0 aliphatic carbocycles. The van der Waals surface area contributed by atoms with Crippen LogP contribution in [0.3, 0.4) is 0 Å². The molecule has 20 heavy (non-hydrogen) atoms. The van der Waals surface area contributed by atoms with Gasteiger partial charge in [-0.25, -0.2) is 4.98 Å². The summed E-state index contributed by atoms with van der Waals surface area (Å²) >= 11 is 6.24. The fourth-order valence-electron chi connectivity index (χ4n) is 1.85. The lowest BCUT2D eigenvalue weighted by atomic mass is 10.0. The third-order valence-electron chi connectivity index (χ3n) is 2.99. The molecule has 0 aliphatic heterocycles. The van der Waals surface area contributed by atoms with Crippen LogP contribution in [0.2, 0.25) is 5.02 Å². The summed E-state index contributed by atoms with van der Waals surface area (Å²) in [7, 11) is 0. The first-order valence-electron chi connectivity index (χ1n) is 6.35. The Hall–Kier alpha value is -2.05. The molecule has 102 valence electrons. The van der Waals surface area contributed by atoms with Crippen molar-refractivity contribution in [1.29, 1.82) is 5.26 Å². The fraction of sp³-hybridized carbons (Fsp3) is 0.250. The standard InChI is InChI=1S/C16H15ClN2O/c1-10(2)14-7-16(11(3)6-15(14)17)20-13-5-4-12(8-18)19-9-13/h4-7,9-10H,1-3H3. The van der Waals surface area contributed by atoms with E-state index in [9.17, 15) is 0 Å². The van der Waals surface area contributed by atoms with Crippen LogP contribution in [0.5, 0.6) is 11.5 Å². The maximum Gasteiger partial charge on any atom is 0.145 e. The number of hydrogen-bond acceptors (Lipinski definition) is 3. The first-order chi connectivity index (χ1) is 9.51. The second-order valence-electron chi connectivity index (χ2n) is 4.89. The third kappa shape index (κ3) is 3.09. The Bertz CT molecular complexity index is 657. The van der Waals surface area contributed by atoms with Gasteiger partial charge in [-0.2, -0.15) is 5.26 Å². The number of pyridine rings is 1. The van der Waals surface area contributed by atoms with Crippen LogP contribution < -0.4 is 4.74 Å². The topological polar surface area (TPSA) is 45.9 Å². The smallest absolute Gasteiger partial charge is 0.145 e. The van der Waals surface area contributed by atoms with Crippen molar-refractivity contribution in [2.75, 3.05) is 0 Å². The van der Waals surface area contributed by atoms with Gasteiger partial charge in [-0.05, 0) is 48.2 Å². The number of nitriles is 1. The Morgan fingerprint density at radius 3 is 2.60 bits per heavy atom. The van der Waals surface area contributed by atoms with Crippen LogP contribution in [-0.2, 0) is 0 Å². The summed E-state index contributed by atoms with van der Waals surface area (Å²) in [6.07, 6.45) is 1.54. The molecule has 1 heterocycles. The van der Waals surface area contributed by atoms with Crippen molar-refractivity contribution in [1.82, 2.24) is 4.98 Å². The summed E-state index contributed by atoms with van der Waals surface area (Å²) in [5.41, 5.74) is 2.38. The van der Waals surface area contributed by atoms with E-state index < -0.39 is 0 Å². The molecule has 0 unspecified atom stereocenters. The van der Waals surface area contributed by atoms with Crippen molar-refractivity contribution >= 4 is 11.6 Å². The molecule has 0 fully saturated rings. The van der Waals surface area contributed by atoms with E-state index in [0.717, 1.165) is 21.9 Å². The molecular formula is C16H15ClN2O. The predicted molar refractivity (Wildman–Crippen MR) is 79.3 cm³/mol. The Morgan fingerprint density at radius 2 is 2.05 bits per heavy atom. The molecule has 0 N–H and O–H groups in total. The number of nitrogens with zero attached hydrogens (tertiary/aromatic N) is 2. The lowest BCUT2D eigenvalue weighted by molar-refractivity contribution is 0.475. The molecule has 0 radical (unpaired) electrons. The summed E-state index contributed by atoms with van der Waals surface area (Å²) < 4.78 is 5.82. The van der Waals surface area contributed by atoms with Gasteiger partial charge in [0.2, 0.25) is 0 Å². The minimum atomic E-state index is 0.324.